The van der Waals surface area contributed by atoms with Gasteiger partial charge in [-0.2, -0.15) is 0 Å². The van der Waals surface area contributed by atoms with E-state index in [4.69, 9.17) is 4.98 Å². The number of piperidine rings is 1. The highest BCUT2D eigenvalue weighted by Gasteiger charge is 2.27. The molecular formula is C29H37N5O2. The molecule has 190 valence electrons. The van der Waals surface area contributed by atoms with Crippen molar-refractivity contribution in [1.82, 2.24) is 19.8 Å². The van der Waals surface area contributed by atoms with Gasteiger partial charge in [-0.3, -0.25) is 14.2 Å². The largest absolute Gasteiger partial charge is 0.355 e. The van der Waals surface area contributed by atoms with Gasteiger partial charge in [0.25, 0.3) is 5.56 Å². The normalized spacial score (nSPS) is 17.7. The van der Waals surface area contributed by atoms with E-state index in [9.17, 15) is 9.59 Å². The smallest absolute Gasteiger partial charge is 0.294 e. The molecule has 2 saturated heterocycles. The molecule has 0 unspecified atom stereocenters. The van der Waals surface area contributed by atoms with E-state index in [2.05, 4.69) is 15.1 Å². The fourth-order valence-corrected chi connectivity index (χ4v) is 5.50. The van der Waals surface area contributed by atoms with Crippen molar-refractivity contribution in [2.24, 2.45) is 5.92 Å². The van der Waals surface area contributed by atoms with Crippen LogP contribution in [-0.2, 0) is 11.3 Å². The maximum Gasteiger partial charge on any atom is 0.294 e. The van der Waals surface area contributed by atoms with Gasteiger partial charge < -0.3 is 15.1 Å². The fourth-order valence-electron chi connectivity index (χ4n) is 5.50. The Morgan fingerprint density at radius 1 is 0.889 bits per heavy atom. The van der Waals surface area contributed by atoms with Crippen molar-refractivity contribution in [3.8, 4) is 0 Å². The fraction of sp³-hybridized carbons (Fsp3) is 0.483. The minimum absolute atomic E-state index is 0.00242. The van der Waals surface area contributed by atoms with E-state index in [0.29, 0.717) is 25.5 Å². The number of benzene rings is 2. The quantitative estimate of drug-likeness (QED) is 0.551. The first-order valence-corrected chi connectivity index (χ1v) is 13.5. The summed E-state index contributed by atoms with van der Waals surface area (Å²) in [6, 6.07) is 17.9. The zero-order valence-corrected chi connectivity index (χ0v) is 21.1. The number of carbonyl (C=O) groups is 1. The Bertz CT molecular complexity index is 1210. The van der Waals surface area contributed by atoms with E-state index in [0.717, 1.165) is 55.6 Å². The zero-order chi connectivity index (χ0) is 24.7. The molecule has 7 nitrogen and oxygen atoms in total. The number of nitrogens with one attached hydrogen (secondary N) is 1. The molecule has 0 aliphatic carbocycles. The van der Waals surface area contributed by atoms with Crippen LogP contribution >= 0.6 is 0 Å². The summed E-state index contributed by atoms with van der Waals surface area (Å²) in [6.07, 6.45) is 6.66. The monoisotopic (exact) mass is 487 g/mol. The van der Waals surface area contributed by atoms with Crippen LogP contribution in [0, 0.1) is 5.92 Å². The highest BCUT2D eigenvalue weighted by Crippen LogP contribution is 2.22. The van der Waals surface area contributed by atoms with Gasteiger partial charge in [0.1, 0.15) is 0 Å². The van der Waals surface area contributed by atoms with Crippen LogP contribution < -0.4 is 15.8 Å². The van der Waals surface area contributed by atoms with E-state index in [1.165, 1.54) is 25.7 Å². The topological polar surface area (TPSA) is 70.5 Å². The van der Waals surface area contributed by atoms with Crippen LogP contribution in [0.15, 0.2) is 59.4 Å². The Labute approximate surface area is 213 Å². The first-order valence-electron chi connectivity index (χ1n) is 13.5. The van der Waals surface area contributed by atoms with Gasteiger partial charge >= 0.3 is 0 Å². The lowest BCUT2D eigenvalue weighted by Crippen LogP contribution is -2.44. The molecule has 3 aromatic rings. The number of rotatable bonds is 7. The molecule has 2 fully saturated rings. The van der Waals surface area contributed by atoms with Gasteiger partial charge in [0.2, 0.25) is 5.91 Å². The second-order valence-corrected chi connectivity index (χ2v) is 10.1. The third-order valence-corrected chi connectivity index (χ3v) is 7.61. The number of hydrogen-bond acceptors (Lipinski definition) is 5. The van der Waals surface area contributed by atoms with Crippen molar-refractivity contribution in [1.29, 1.82) is 0 Å². The maximum absolute atomic E-state index is 13.6. The molecule has 2 aliphatic heterocycles. The lowest BCUT2D eigenvalue weighted by atomic mass is 9.96. The van der Waals surface area contributed by atoms with Gasteiger partial charge in [0.15, 0.2) is 5.82 Å². The highest BCUT2D eigenvalue weighted by molar-refractivity contribution is 5.79. The molecule has 0 saturated carbocycles. The van der Waals surface area contributed by atoms with Crippen molar-refractivity contribution in [2.45, 2.75) is 45.1 Å². The number of amides is 1. The number of nitrogens with zero attached hydrogens (tertiary/aromatic N) is 4. The summed E-state index contributed by atoms with van der Waals surface area (Å²) >= 11 is 0. The van der Waals surface area contributed by atoms with Crippen molar-refractivity contribution >= 4 is 22.8 Å². The predicted molar refractivity (Wildman–Crippen MR) is 144 cm³/mol. The van der Waals surface area contributed by atoms with Gasteiger partial charge in [-0.15, -0.1) is 0 Å². The van der Waals surface area contributed by atoms with Crippen LogP contribution in [0.2, 0.25) is 0 Å². The first kappa shape index (κ1) is 24.5. The Balaban J connectivity index is 1.23. The van der Waals surface area contributed by atoms with E-state index >= 15 is 0 Å². The molecule has 1 N–H and O–H groups in total. The Morgan fingerprint density at radius 2 is 1.58 bits per heavy atom. The van der Waals surface area contributed by atoms with E-state index in [1.807, 2.05) is 59.2 Å². The van der Waals surface area contributed by atoms with Gasteiger partial charge in [-0.25, -0.2) is 4.98 Å². The van der Waals surface area contributed by atoms with Crippen LogP contribution in [-0.4, -0.2) is 59.6 Å². The molecule has 1 aromatic heterocycles. The zero-order valence-electron chi connectivity index (χ0n) is 21.1. The Morgan fingerprint density at radius 3 is 2.33 bits per heavy atom. The van der Waals surface area contributed by atoms with Gasteiger partial charge in [-0.05, 0) is 56.5 Å². The van der Waals surface area contributed by atoms with Crippen LogP contribution in [0.25, 0.3) is 11.0 Å². The SMILES string of the molecule is O=C(NCCN1CCCCCC1)C1CCN(c2nc3ccccc3n(Cc3ccccc3)c2=O)CC1. The van der Waals surface area contributed by atoms with Crippen molar-refractivity contribution < 1.29 is 4.79 Å². The molecule has 0 atom stereocenters. The number of likely N-dealkylation sites (tertiary alicyclic amines) is 1. The summed E-state index contributed by atoms with van der Waals surface area (Å²) in [5, 5.41) is 3.17. The molecule has 2 aromatic carbocycles. The summed E-state index contributed by atoms with van der Waals surface area (Å²) in [7, 11) is 0. The number of hydrogen-bond donors (Lipinski definition) is 1. The predicted octanol–water partition coefficient (Wildman–Crippen LogP) is 3.65. The number of aromatic nitrogens is 2. The van der Waals surface area contributed by atoms with Crippen LogP contribution in [0.4, 0.5) is 5.82 Å². The van der Waals surface area contributed by atoms with Gasteiger partial charge in [-0.1, -0.05) is 55.3 Å². The summed E-state index contributed by atoms with van der Waals surface area (Å²) < 4.78 is 1.83. The Hall–Kier alpha value is -3.19. The van der Waals surface area contributed by atoms with Crippen molar-refractivity contribution in [2.75, 3.05) is 44.2 Å². The summed E-state index contributed by atoms with van der Waals surface area (Å²) in [4.78, 5) is 35.7. The minimum atomic E-state index is -0.0714. The molecule has 0 spiro atoms. The van der Waals surface area contributed by atoms with E-state index in [-0.39, 0.29) is 17.4 Å². The number of para-hydroxylation sites is 2. The van der Waals surface area contributed by atoms with Gasteiger partial charge in [0, 0.05) is 32.1 Å². The maximum atomic E-state index is 13.6. The van der Waals surface area contributed by atoms with Crippen molar-refractivity contribution in [3.63, 3.8) is 0 Å². The highest BCUT2D eigenvalue weighted by atomic mass is 16.2. The molecule has 3 heterocycles. The molecule has 0 bridgehead atoms. The van der Waals surface area contributed by atoms with Crippen LogP contribution in [0.1, 0.15) is 44.1 Å². The average Bonchev–Trinajstić information content (AvgIpc) is 3.20. The van der Waals surface area contributed by atoms with E-state index < -0.39 is 0 Å². The first-order chi connectivity index (χ1) is 17.7. The van der Waals surface area contributed by atoms with Gasteiger partial charge in [0.05, 0.1) is 17.6 Å². The molecular weight excluding hydrogens is 450 g/mol. The summed E-state index contributed by atoms with van der Waals surface area (Å²) in [5.74, 6) is 0.638. The third-order valence-electron chi connectivity index (χ3n) is 7.61. The van der Waals surface area contributed by atoms with Crippen LogP contribution in [0.3, 0.4) is 0 Å². The Kier molecular flexibility index (Phi) is 7.96. The lowest BCUT2D eigenvalue weighted by Gasteiger charge is -2.32. The second kappa shape index (κ2) is 11.7. The molecule has 5 rings (SSSR count). The molecule has 1 amide bonds. The molecule has 2 aliphatic rings. The number of carbonyl (C=O) groups excluding carboxylic acids is 1. The minimum Gasteiger partial charge on any atom is -0.355 e. The third kappa shape index (κ3) is 5.78. The standard InChI is InChI=1S/C29H37N5O2/c35-28(30-16-21-32-17-8-1-2-9-18-32)24-14-19-33(20-15-24)27-29(36)34(22-23-10-4-3-5-11-23)26-13-7-6-12-25(26)31-27/h3-7,10-13,24H,1-2,8-9,14-22H2,(H,30,35). The second-order valence-electron chi connectivity index (χ2n) is 10.1. The lowest BCUT2D eigenvalue weighted by molar-refractivity contribution is -0.125. The summed E-state index contributed by atoms with van der Waals surface area (Å²) in [6.45, 7) is 5.78. The van der Waals surface area contributed by atoms with Crippen LogP contribution in [0.5, 0.6) is 0 Å². The molecule has 0 radical (unpaired) electrons. The number of anilines is 1. The number of fused-ring (bicyclic) bond motifs is 1. The van der Waals surface area contributed by atoms with Crippen molar-refractivity contribution in [3.05, 3.63) is 70.5 Å². The van der Waals surface area contributed by atoms with E-state index in [1.54, 1.807) is 0 Å². The molecule has 7 heteroatoms. The summed E-state index contributed by atoms with van der Waals surface area (Å²) in [5.41, 5.74) is 2.67. The molecule has 36 heavy (non-hydrogen) atoms. The average molecular weight is 488 g/mol.